The summed E-state index contributed by atoms with van der Waals surface area (Å²) >= 11 is 1.27. The van der Waals surface area contributed by atoms with Gasteiger partial charge in [-0.15, -0.1) is 6.58 Å². The Bertz CT molecular complexity index is 905. The molecule has 0 atom stereocenters. The predicted octanol–water partition coefficient (Wildman–Crippen LogP) is 3.57. The van der Waals surface area contributed by atoms with Crippen LogP contribution in [0.2, 0.25) is 0 Å². The summed E-state index contributed by atoms with van der Waals surface area (Å²) in [7, 11) is 0. The molecule has 0 aliphatic carbocycles. The van der Waals surface area contributed by atoms with E-state index in [1.165, 1.54) is 28.8 Å². The lowest BCUT2D eigenvalue weighted by atomic mass is 10.2. The van der Waals surface area contributed by atoms with Gasteiger partial charge in [0.15, 0.2) is 5.17 Å². The van der Waals surface area contributed by atoms with Crippen LogP contribution in [0.25, 0.3) is 6.08 Å². The Hall–Kier alpha value is -3.19. The molecule has 0 radical (unpaired) electrons. The molecular weight excluding hydrogens is 350 g/mol. The number of carboxylic acids is 1. The number of benzene rings is 1. The maximum Gasteiger partial charge on any atom is 0.335 e. The summed E-state index contributed by atoms with van der Waals surface area (Å²) in [6, 6.07) is 9.82. The van der Waals surface area contributed by atoms with Crippen molar-refractivity contribution in [1.82, 2.24) is 9.88 Å². The van der Waals surface area contributed by atoms with Crippen molar-refractivity contribution in [3.63, 3.8) is 0 Å². The Morgan fingerprint density at radius 3 is 2.54 bits per heavy atom. The predicted molar refractivity (Wildman–Crippen MR) is 102 cm³/mol. The third kappa shape index (κ3) is 3.89. The molecule has 1 N–H and O–H groups in total. The minimum atomic E-state index is -0.995. The van der Waals surface area contributed by atoms with Crippen LogP contribution in [0, 0.1) is 0 Å². The molecule has 26 heavy (non-hydrogen) atoms. The lowest BCUT2D eigenvalue weighted by Gasteiger charge is -2.12. The summed E-state index contributed by atoms with van der Waals surface area (Å²) in [5.74, 6) is -1.14. The first-order valence-corrected chi connectivity index (χ1v) is 8.54. The average molecular weight is 365 g/mol. The van der Waals surface area contributed by atoms with Crippen LogP contribution in [0.15, 0.2) is 71.3 Å². The number of aliphatic imine (C=N–C) groups is 1. The lowest BCUT2D eigenvalue weighted by Crippen LogP contribution is -2.29. The van der Waals surface area contributed by atoms with Gasteiger partial charge in [-0.2, -0.15) is 0 Å². The van der Waals surface area contributed by atoms with E-state index in [2.05, 4.69) is 16.6 Å². The number of aromatic nitrogens is 1. The molecule has 1 aromatic carbocycles. The number of carboxylic acid groups (broad SMARTS) is 1. The fourth-order valence-electron chi connectivity index (χ4n) is 2.28. The molecule has 3 rings (SSSR count). The van der Waals surface area contributed by atoms with Crippen LogP contribution in [0.4, 0.5) is 5.69 Å². The third-order valence-electron chi connectivity index (χ3n) is 3.54. The van der Waals surface area contributed by atoms with E-state index in [1.807, 2.05) is 12.1 Å². The first kappa shape index (κ1) is 17.6. The van der Waals surface area contributed by atoms with Crippen molar-refractivity contribution in [1.29, 1.82) is 0 Å². The fourth-order valence-corrected chi connectivity index (χ4v) is 3.29. The Balaban J connectivity index is 1.92. The molecule has 0 spiro atoms. The third-order valence-corrected chi connectivity index (χ3v) is 4.55. The minimum Gasteiger partial charge on any atom is -0.478 e. The van der Waals surface area contributed by atoms with Crippen molar-refractivity contribution in [3.05, 3.63) is 77.5 Å². The van der Waals surface area contributed by atoms with Crippen LogP contribution in [0.3, 0.4) is 0 Å². The Morgan fingerprint density at radius 1 is 1.23 bits per heavy atom. The number of amides is 1. The van der Waals surface area contributed by atoms with Crippen LogP contribution in [0.1, 0.15) is 15.9 Å². The number of amidine groups is 1. The first-order valence-electron chi connectivity index (χ1n) is 7.73. The molecule has 2 aromatic rings. The number of hydrogen-bond acceptors (Lipinski definition) is 5. The summed E-state index contributed by atoms with van der Waals surface area (Å²) in [5.41, 5.74) is 1.64. The van der Waals surface area contributed by atoms with Crippen molar-refractivity contribution in [2.45, 2.75) is 0 Å². The van der Waals surface area contributed by atoms with Crippen LogP contribution in [-0.4, -0.2) is 38.6 Å². The van der Waals surface area contributed by atoms with Gasteiger partial charge in [0.1, 0.15) is 0 Å². The topological polar surface area (TPSA) is 82.9 Å². The summed E-state index contributed by atoms with van der Waals surface area (Å²) in [6.07, 6.45) is 6.76. The van der Waals surface area contributed by atoms with Crippen molar-refractivity contribution >= 4 is 40.6 Å². The van der Waals surface area contributed by atoms with Crippen molar-refractivity contribution in [2.24, 2.45) is 4.99 Å². The molecule has 1 aromatic heterocycles. The minimum absolute atomic E-state index is 0.146. The molecule has 6 nitrogen and oxygen atoms in total. The van der Waals surface area contributed by atoms with Crippen molar-refractivity contribution in [2.75, 3.05) is 6.54 Å². The van der Waals surface area contributed by atoms with Gasteiger partial charge in [0.2, 0.25) is 0 Å². The fraction of sp³-hybridized carbons (Fsp3) is 0.0526. The zero-order chi connectivity index (χ0) is 18.5. The highest BCUT2D eigenvalue weighted by molar-refractivity contribution is 8.18. The van der Waals surface area contributed by atoms with E-state index in [4.69, 9.17) is 5.11 Å². The van der Waals surface area contributed by atoms with Crippen LogP contribution >= 0.6 is 11.8 Å². The second kappa shape index (κ2) is 7.79. The Kier molecular flexibility index (Phi) is 5.28. The molecule has 1 amide bonds. The number of pyridine rings is 1. The van der Waals surface area contributed by atoms with Crippen molar-refractivity contribution in [3.8, 4) is 0 Å². The maximum atomic E-state index is 12.7. The standard InChI is InChI=1S/C19H15N3O3S/c1-2-11-22-17(23)16(12-13-7-9-20-10-8-13)26-19(22)21-15-5-3-14(4-6-15)18(24)25/h2-10,12H,1,11H2,(H,24,25)/b16-12-,21-19?. The molecule has 1 saturated heterocycles. The molecule has 0 bridgehead atoms. The largest absolute Gasteiger partial charge is 0.478 e. The van der Waals surface area contributed by atoms with Crippen LogP contribution < -0.4 is 0 Å². The SMILES string of the molecule is C=CCN1C(=O)/C(=C/c2ccncc2)SC1=Nc1ccc(C(=O)O)cc1. The number of thioether (sulfide) groups is 1. The molecule has 0 saturated carbocycles. The number of rotatable bonds is 5. The van der Waals surface area contributed by atoms with Gasteiger partial charge < -0.3 is 5.11 Å². The van der Waals surface area contributed by atoms with E-state index in [0.29, 0.717) is 22.3 Å². The number of carbonyl (C=O) groups is 2. The molecule has 2 heterocycles. The summed E-state index contributed by atoms with van der Waals surface area (Å²) in [6.45, 7) is 4.03. The van der Waals surface area contributed by atoms with E-state index in [0.717, 1.165) is 5.56 Å². The molecule has 0 unspecified atom stereocenters. The quantitative estimate of drug-likeness (QED) is 0.647. The van der Waals surface area contributed by atoms with E-state index < -0.39 is 5.97 Å². The van der Waals surface area contributed by atoms with E-state index >= 15 is 0 Å². The van der Waals surface area contributed by atoms with E-state index in [1.54, 1.807) is 36.7 Å². The average Bonchev–Trinajstić information content (AvgIpc) is 2.92. The van der Waals surface area contributed by atoms with Gasteiger partial charge in [0.25, 0.3) is 5.91 Å². The van der Waals surface area contributed by atoms with E-state index in [9.17, 15) is 9.59 Å². The van der Waals surface area contributed by atoms with Gasteiger partial charge in [0.05, 0.1) is 16.2 Å². The first-order chi connectivity index (χ1) is 12.6. The molecule has 1 aliphatic rings. The summed E-state index contributed by atoms with van der Waals surface area (Å²) in [5, 5.41) is 9.49. The molecule has 1 fully saturated rings. The van der Waals surface area contributed by atoms with Gasteiger partial charge in [0, 0.05) is 18.9 Å². The molecule has 130 valence electrons. The molecule has 1 aliphatic heterocycles. The second-order valence-corrected chi connectivity index (χ2v) is 6.35. The number of nitrogens with zero attached hydrogens (tertiary/aromatic N) is 3. The van der Waals surface area contributed by atoms with Crippen LogP contribution in [-0.2, 0) is 4.79 Å². The Morgan fingerprint density at radius 2 is 1.92 bits per heavy atom. The zero-order valence-electron chi connectivity index (χ0n) is 13.7. The zero-order valence-corrected chi connectivity index (χ0v) is 14.5. The second-order valence-electron chi connectivity index (χ2n) is 5.34. The number of carbonyl (C=O) groups excluding carboxylic acids is 1. The van der Waals surface area contributed by atoms with Gasteiger partial charge in [-0.1, -0.05) is 6.08 Å². The number of hydrogen-bond donors (Lipinski definition) is 1. The van der Waals surface area contributed by atoms with Gasteiger partial charge >= 0.3 is 5.97 Å². The highest BCUT2D eigenvalue weighted by Gasteiger charge is 2.32. The smallest absolute Gasteiger partial charge is 0.335 e. The van der Waals surface area contributed by atoms with Crippen molar-refractivity contribution < 1.29 is 14.7 Å². The summed E-state index contributed by atoms with van der Waals surface area (Å²) < 4.78 is 0. The molecule has 7 heteroatoms. The van der Waals surface area contributed by atoms with Gasteiger partial charge in [-0.05, 0) is 59.8 Å². The summed E-state index contributed by atoms with van der Waals surface area (Å²) in [4.78, 5) is 34.1. The monoisotopic (exact) mass is 365 g/mol. The normalized spacial score (nSPS) is 17.1. The number of aromatic carboxylic acids is 1. The van der Waals surface area contributed by atoms with E-state index in [-0.39, 0.29) is 11.5 Å². The highest BCUT2D eigenvalue weighted by Crippen LogP contribution is 2.34. The van der Waals surface area contributed by atoms with Crippen LogP contribution in [0.5, 0.6) is 0 Å². The van der Waals surface area contributed by atoms with Gasteiger partial charge in [-0.3, -0.25) is 14.7 Å². The lowest BCUT2D eigenvalue weighted by molar-refractivity contribution is -0.121. The molecular formula is C19H15N3O3S. The maximum absolute atomic E-state index is 12.7. The highest BCUT2D eigenvalue weighted by atomic mass is 32.2. The Labute approximate surface area is 154 Å². The van der Waals surface area contributed by atoms with Gasteiger partial charge in [-0.25, -0.2) is 9.79 Å².